The first-order valence-corrected chi connectivity index (χ1v) is 3.93. The second-order valence-corrected chi connectivity index (χ2v) is 3.05. The second kappa shape index (κ2) is 5.70. The summed E-state index contributed by atoms with van der Waals surface area (Å²) < 4.78 is 36.9. The van der Waals surface area contributed by atoms with E-state index >= 15 is 0 Å². The summed E-state index contributed by atoms with van der Waals surface area (Å²) in [6, 6.07) is 2.47. The number of hydrogen-bond acceptors (Lipinski definition) is 1. The molecular formula is C7H4BClF3KO2. The SMILES string of the molecule is O=C(O)c1cc(Cl)ccc1[B-](F)(F)F.[K+]. The molecule has 0 bridgehead atoms. The van der Waals surface area contributed by atoms with Crippen LogP contribution < -0.4 is 56.8 Å². The zero-order chi connectivity index (χ0) is 10.9. The van der Waals surface area contributed by atoms with E-state index in [1.165, 1.54) is 0 Å². The van der Waals surface area contributed by atoms with Gasteiger partial charge >= 0.3 is 64.3 Å². The maximum atomic E-state index is 12.3. The van der Waals surface area contributed by atoms with Gasteiger partial charge in [-0.25, -0.2) is 4.79 Å². The Bertz CT molecular complexity index is 383. The molecule has 2 nitrogen and oxygen atoms in total. The number of rotatable bonds is 2. The standard InChI is InChI=1S/C7H4BClF3O2.K/c9-4-1-2-6(8(10,11)12)5(3-4)7(13)14;/h1-3H,(H,13,14);/q-1;+1. The van der Waals surface area contributed by atoms with Gasteiger partial charge in [-0.05, 0) is 12.1 Å². The molecule has 0 radical (unpaired) electrons. The van der Waals surface area contributed by atoms with Crippen LogP contribution in [0.3, 0.4) is 0 Å². The molecule has 0 unspecified atom stereocenters. The van der Waals surface area contributed by atoms with E-state index in [0.29, 0.717) is 6.07 Å². The maximum Gasteiger partial charge on any atom is 1.00 e. The van der Waals surface area contributed by atoms with Crippen LogP contribution >= 0.6 is 11.6 Å². The first-order chi connectivity index (χ1) is 6.32. The van der Waals surface area contributed by atoms with Gasteiger partial charge in [0, 0.05) is 10.6 Å². The summed E-state index contributed by atoms with van der Waals surface area (Å²) in [4.78, 5) is 10.5. The Balaban J connectivity index is 0.00000196. The Morgan fingerprint density at radius 1 is 1.33 bits per heavy atom. The topological polar surface area (TPSA) is 37.3 Å². The summed E-state index contributed by atoms with van der Waals surface area (Å²) in [6.45, 7) is -5.32. The summed E-state index contributed by atoms with van der Waals surface area (Å²) in [7, 11) is 0. The Hall–Kier alpha value is 0.471. The molecule has 0 atom stereocenters. The minimum atomic E-state index is -5.32. The van der Waals surface area contributed by atoms with Gasteiger partial charge in [0.05, 0.1) is 0 Å². The van der Waals surface area contributed by atoms with Gasteiger partial charge in [-0.1, -0.05) is 23.1 Å². The van der Waals surface area contributed by atoms with Crippen molar-refractivity contribution in [3.8, 4) is 0 Å². The average Bonchev–Trinajstić information content (AvgIpc) is 2.01. The van der Waals surface area contributed by atoms with E-state index in [2.05, 4.69) is 0 Å². The number of aromatic carboxylic acids is 1. The predicted molar refractivity (Wildman–Crippen MR) is 47.1 cm³/mol. The van der Waals surface area contributed by atoms with Gasteiger partial charge < -0.3 is 18.1 Å². The van der Waals surface area contributed by atoms with E-state index in [9.17, 15) is 17.7 Å². The van der Waals surface area contributed by atoms with Crippen LogP contribution in [0.2, 0.25) is 5.02 Å². The number of hydrogen-bond donors (Lipinski definition) is 1. The van der Waals surface area contributed by atoms with Crippen LogP contribution in [0.15, 0.2) is 18.2 Å². The maximum absolute atomic E-state index is 12.3. The van der Waals surface area contributed by atoms with Crippen molar-refractivity contribution >= 4 is 30.0 Å². The van der Waals surface area contributed by atoms with Crippen LogP contribution in [0.5, 0.6) is 0 Å². The summed E-state index contributed by atoms with van der Waals surface area (Å²) in [6.07, 6.45) is 0. The Labute approximate surface area is 131 Å². The van der Waals surface area contributed by atoms with Crippen LogP contribution in [0.25, 0.3) is 0 Å². The zero-order valence-corrected chi connectivity index (χ0v) is 11.6. The van der Waals surface area contributed by atoms with Crippen LogP contribution in [-0.4, -0.2) is 18.1 Å². The molecule has 8 heteroatoms. The average molecular weight is 262 g/mol. The van der Waals surface area contributed by atoms with Gasteiger partial charge in [0.2, 0.25) is 0 Å². The van der Waals surface area contributed by atoms with E-state index in [-0.39, 0.29) is 56.4 Å². The molecule has 0 aromatic heterocycles. The van der Waals surface area contributed by atoms with Crippen molar-refractivity contribution < 1.29 is 74.2 Å². The van der Waals surface area contributed by atoms with Gasteiger partial charge in [-0.2, -0.15) is 0 Å². The van der Waals surface area contributed by atoms with Gasteiger partial charge in [-0.15, -0.1) is 0 Å². The van der Waals surface area contributed by atoms with Crippen LogP contribution in [0, 0.1) is 0 Å². The number of carboxylic acid groups (broad SMARTS) is 1. The van der Waals surface area contributed by atoms with E-state index in [0.717, 1.165) is 12.1 Å². The van der Waals surface area contributed by atoms with Crippen molar-refractivity contribution in [3.63, 3.8) is 0 Å². The van der Waals surface area contributed by atoms with Crippen molar-refractivity contribution in [2.24, 2.45) is 0 Å². The minimum Gasteiger partial charge on any atom is -0.478 e. The Morgan fingerprint density at radius 2 is 1.87 bits per heavy atom. The van der Waals surface area contributed by atoms with E-state index in [4.69, 9.17) is 16.7 Å². The third-order valence-corrected chi connectivity index (χ3v) is 1.83. The molecule has 15 heavy (non-hydrogen) atoms. The molecule has 1 aromatic rings. The van der Waals surface area contributed by atoms with Gasteiger partial charge in [0.1, 0.15) is 0 Å². The van der Waals surface area contributed by atoms with Crippen molar-refractivity contribution in [3.05, 3.63) is 28.8 Å². The predicted octanol–water partition coefficient (Wildman–Crippen LogP) is -0.903. The van der Waals surface area contributed by atoms with Crippen molar-refractivity contribution in [2.45, 2.75) is 0 Å². The summed E-state index contributed by atoms with van der Waals surface area (Å²) in [5, 5.41) is 8.47. The van der Waals surface area contributed by atoms with Gasteiger partial charge in [0.15, 0.2) is 0 Å². The third-order valence-electron chi connectivity index (χ3n) is 1.60. The smallest absolute Gasteiger partial charge is 0.478 e. The molecule has 1 rings (SSSR count). The largest absolute Gasteiger partial charge is 1.00 e. The summed E-state index contributed by atoms with van der Waals surface area (Å²) in [5.41, 5.74) is -1.95. The number of carboxylic acids is 1. The van der Waals surface area contributed by atoms with Gasteiger partial charge in [0.25, 0.3) is 0 Å². The number of halogens is 4. The number of carbonyl (C=O) groups is 1. The number of benzene rings is 1. The summed E-state index contributed by atoms with van der Waals surface area (Å²) in [5.74, 6) is -1.64. The van der Waals surface area contributed by atoms with Crippen molar-refractivity contribution in [1.82, 2.24) is 0 Å². The van der Waals surface area contributed by atoms with E-state index in [1.54, 1.807) is 0 Å². The molecule has 0 spiro atoms. The third kappa shape index (κ3) is 4.09. The molecule has 0 aliphatic heterocycles. The van der Waals surface area contributed by atoms with Gasteiger partial charge in [-0.3, -0.25) is 0 Å². The molecule has 0 heterocycles. The van der Waals surface area contributed by atoms with Crippen LogP contribution in [-0.2, 0) is 0 Å². The molecule has 0 saturated heterocycles. The Kier molecular flexibility index (Phi) is 5.88. The van der Waals surface area contributed by atoms with Crippen molar-refractivity contribution in [1.29, 1.82) is 0 Å². The molecule has 0 aliphatic rings. The molecule has 1 N–H and O–H groups in total. The fraction of sp³-hybridized carbons (Fsp3) is 0. The second-order valence-electron chi connectivity index (χ2n) is 2.61. The summed E-state index contributed by atoms with van der Waals surface area (Å²) >= 11 is 5.39. The van der Waals surface area contributed by atoms with E-state index in [1.807, 2.05) is 0 Å². The molecule has 0 aliphatic carbocycles. The normalized spacial score (nSPS) is 10.7. The first-order valence-electron chi connectivity index (χ1n) is 3.55. The molecule has 0 fully saturated rings. The van der Waals surface area contributed by atoms with E-state index < -0.39 is 24.0 Å². The molecule has 0 amide bonds. The van der Waals surface area contributed by atoms with Crippen LogP contribution in [0.1, 0.15) is 10.4 Å². The monoisotopic (exact) mass is 262 g/mol. The molecule has 0 saturated carbocycles. The fourth-order valence-corrected chi connectivity index (χ4v) is 1.17. The Morgan fingerprint density at radius 3 is 2.27 bits per heavy atom. The molecule has 76 valence electrons. The van der Waals surface area contributed by atoms with Crippen LogP contribution in [0.4, 0.5) is 12.9 Å². The minimum absolute atomic E-state index is 0. The van der Waals surface area contributed by atoms with Crippen molar-refractivity contribution in [2.75, 3.05) is 0 Å². The first kappa shape index (κ1) is 15.5. The quantitative estimate of drug-likeness (QED) is 0.701. The molecular weight excluding hydrogens is 258 g/mol. The zero-order valence-electron chi connectivity index (χ0n) is 7.68. The molecule has 1 aromatic carbocycles. The fourth-order valence-electron chi connectivity index (χ4n) is 0.999.